The van der Waals surface area contributed by atoms with E-state index in [2.05, 4.69) is 29.2 Å². The molecule has 0 fully saturated rings. The van der Waals surface area contributed by atoms with Crippen LogP contribution in [0.15, 0.2) is 11.1 Å². The van der Waals surface area contributed by atoms with Crippen molar-refractivity contribution < 1.29 is 4.74 Å². The summed E-state index contributed by atoms with van der Waals surface area (Å²) in [7, 11) is 0. The Morgan fingerprint density at radius 1 is 1.44 bits per heavy atom. The Labute approximate surface area is 113 Å². The van der Waals surface area contributed by atoms with Gasteiger partial charge >= 0.3 is 0 Å². The van der Waals surface area contributed by atoms with E-state index in [1.807, 2.05) is 13.0 Å². The van der Waals surface area contributed by atoms with Crippen molar-refractivity contribution in [2.45, 2.75) is 38.8 Å². The lowest BCUT2D eigenvalue weighted by Crippen LogP contribution is -2.11. The SMILES string of the molecule is CCOCc1nc(NN)cc(SCC(C)CC)n1. The number of rotatable bonds is 8. The van der Waals surface area contributed by atoms with Crippen LogP contribution >= 0.6 is 11.8 Å². The molecule has 0 radical (unpaired) electrons. The molecule has 1 rings (SSSR count). The average molecular weight is 270 g/mol. The number of nitrogens with zero attached hydrogens (tertiary/aromatic N) is 2. The van der Waals surface area contributed by atoms with Crippen molar-refractivity contribution in [3.8, 4) is 0 Å². The summed E-state index contributed by atoms with van der Waals surface area (Å²) in [4.78, 5) is 8.71. The first-order valence-electron chi connectivity index (χ1n) is 6.24. The molecule has 0 bridgehead atoms. The van der Waals surface area contributed by atoms with E-state index in [-0.39, 0.29) is 0 Å². The molecule has 1 aromatic heterocycles. The van der Waals surface area contributed by atoms with Gasteiger partial charge in [0.05, 0.1) is 0 Å². The average Bonchev–Trinajstić information content (AvgIpc) is 2.42. The minimum absolute atomic E-state index is 0.420. The molecule has 0 amide bonds. The van der Waals surface area contributed by atoms with Crippen LogP contribution in [-0.2, 0) is 11.3 Å². The highest BCUT2D eigenvalue weighted by Crippen LogP contribution is 2.22. The molecule has 1 unspecified atom stereocenters. The standard InChI is InChI=1S/C12H22N4OS/c1-4-9(3)8-18-12-6-10(16-13)14-11(15-12)7-17-5-2/h6,9H,4-5,7-8,13H2,1-3H3,(H,14,15,16). The second-order valence-electron chi connectivity index (χ2n) is 4.11. The second kappa shape index (κ2) is 8.29. The van der Waals surface area contributed by atoms with Crippen molar-refractivity contribution in [3.63, 3.8) is 0 Å². The van der Waals surface area contributed by atoms with Gasteiger partial charge in [0.25, 0.3) is 0 Å². The van der Waals surface area contributed by atoms with Crippen molar-refractivity contribution in [2.24, 2.45) is 11.8 Å². The van der Waals surface area contributed by atoms with Gasteiger partial charge < -0.3 is 10.2 Å². The monoisotopic (exact) mass is 270 g/mol. The summed E-state index contributed by atoms with van der Waals surface area (Å²) in [5, 5.41) is 0.938. The summed E-state index contributed by atoms with van der Waals surface area (Å²) >= 11 is 1.73. The number of hydrogen-bond donors (Lipinski definition) is 2. The van der Waals surface area contributed by atoms with E-state index in [9.17, 15) is 0 Å². The van der Waals surface area contributed by atoms with Crippen molar-refractivity contribution in [1.29, 1.82) is 0 Å². The molecule has 5 nitrogen and oxygen atoms in total. The molecule has 0 aliphatic rings. The Bertz CT molecular complexity index is 362. The highest BCUT2D eigenvalue weighted by atomic mass is 32.2. The van der Waals surface area contributed by atoms with E-state index in [0.717, 1.165) is 10.8 Å². The van der Waals surface area contributed by atoms with Crippen LogP contribution in [0.3, 0.4) is 0 Å². The van der Waals surface area contributed by atoms with Crippen molar-refractivity contribution in [1.82, 2.24) is 9.97 Å². The van der Waals surface area contributed by atoms with Gasteiger partial charge in [-0.1, -0.05) is 20.3 Å². The van der Waals surface area contributed by atoms with Gasteiger partial charge in [-0.25, -0.2) is 15.8 Å². The first-order valence-corrected chi connectivity index (χ1v) is 7.23. The number of anilines is 1. The largest absolute Gasteiger partial charge is 0.374 e. The Kier molecular flexibility index (Phi) is 7.00. The van der Waals surface area contributed by atoms with E-state index < -0.39 is 0 Å². The summed E-state index contributed by atoms with van der Waals surface area (Å²) < 4.78 is 5.32. The molecule has 0 aliphatic heterocycles. The molecule has 102 valence electrons. The van der Waals surface area contributed by atoms with Crippen LogP contribution in [0.1, 0.15) is 33.0 Å². The van der Waals surface area contributed by atoms with E-state index in [4.69, 9.17) is 10.6 Å². The summed E-state index contributed by atoms with van der Waals surface area (Å²) in [6.07, 6.45) is 1.17. The fraction of sp³-hybridized carbons (Fsp3) is 0.667. The van der Waals surface area contributed by atoms with Gasteiger partial charge in [-0.05, 0) is 12.8 Å². The number of thioether (sulfide) groups is 1. The zero-order valence-corrected chi connectivity index (χ0v) is 12.1. The lowest BCUT2D eigenvalue weighted by atomic mass is 10.2. The van der Waals surface area contributed by atoms with Gasteiger partial charge in [0.2, 0.25) is 0 Å². The van der Waals surface area contributed by atoms with Crippen LogP contribution in [0.25, 0.3) is 0 Å². The lowest BCUT2D eigenvalue weighted by Gasteiger charge is -2.10. The Balaban J connectivity index is 2.70. The van der Waals surface area contributed by atoms with Crippen molar-refractivity contribution in [3.05, 3.63) is 11.9 Å². The van der Waals surface area contributed by atoms with Crippen LogP contribution in [0, 0.1) is 5.92 Å². The molecule has 18 heavy (non-hydrogen) atoms. The molecule has 1 aromatic rings. The van der Waals surface area contributed by atoms with Gasteiger partial charge in [-0.2, -0.15) is 0 Å². The molecular weight excluding hydrogens is 248 g/mol. The van der Waals surface area contributed by atoms with Gasteiger partial charge in [0, 0.05) is 18.4 Å². The maximum absolute atomic E-state index is 5.41. The zero-order chi connectivity index (χ0) is 13.4. The summed E-state index contributed by atoms with van der Waals surface area (Å²) in [6.45, 7) is 7.45. The smallest absolute Gasteiger partial charge is 0.157 e. The normalized spacial score (nSPS) is 12.4. The topological polar surface area (TPSA) is 73.1 Å². The minimum atomic E-state index is 0.420. The van der Waals surface area contributed by atoms with Crippen LogP contribution in [0.4, 0.5) is 5.82 Å². The van der Waals surface area contributed by atoms with Crippen LogP contribution in [0.2, 0.25) is 0 Å². The van der Waals surface area contributed by atoms with Crippen molar-refractivity contribution in [2.75, 3.05) is 17.8 Å². The summed E-state index contributed by atoms with van der Waals surface area (Å²) in [6, 6.07) is 1.86. The first kappa shape index (κ1) is 15.2. The van der Waals surface area contributed by atoms with Crippen molar-refractivity contribution >= 4 is 17.6 Å². The molecule has 1 heterocycles. The number of hydrazine groups is 1. The number of ether oxygens (including phenoxy) is 1. The van der Waals surface area contributed by atoms with Gasteiger partial charge in [0.15, 0.2) is 5.82 Å². The minimum Gasteiger partial charge on any atom is -0.374 e. The highest BCUT2D eigenvalue weighted by Gasteiger charge is 2.07. The molecule has 0 saturated carbocycles. The predicted molar refractivity (Wildman–Crippen MR) is 75.4 cm³/mol. The number of nitrogens with one attached hydrogen (secondary N) is 1. The fourth-order valence-corrected chi connectivity index (χ4v) is 2.28. The first-order chi connectivity index (χ1) is 8.69. The van der Waals surface area contributed by atoms with E-state index in [1.165, 1.54) is 6.42 Å². The highest BCUT2D eigenvalue weighted by molar-refractivity contribution is 7.99. The molecule has 0 aromatic carbocycles. The van der Waals surface area contributed by atoms with Crippen LogP contribution < -0.4 is 11.3 Å². The third-order valence-corrected chi connectivity index (χ3v) is 3.79. The second-order valence-corrected chi connectivity index (χ2v) is 5.15. The molecule has 0 saturated heterocycles. The maximum atomic E-state index is 5.41. The number of nitrogens with two attached hydrogens (primary N) is 1. The third kappa shape index (κ3) is 5.20. The predicted octanol–water partition coefficient (Wildman–Crippen LogP) is 2.44. The molecule has 3 N–H and O–H groups in total. The number of hydrogen-bond acceptors (Lipinski definition) is 6. The van der Waals surface area contributed by atoms with Gasteiger partial charge in [0.1, 0.15) is 17.5 Å². The quantitative estimate of drug-likeness (QED) is 0.327. The molecular formula is C12H22N4OS. The third-order valence-electron chi connectivity index (χ3n) is 2.54. The zero-order valence-electron chi connectivity index (χ0n) is 11.3. The van der Waals surface area contributed by atoms with Crippen LogP contribution in [-0.4, -0.2) is 22.3 Å². The Morgan fingerprint density at radius 2 is 2.22 bits per heavy atom. The number of nitrogen functional groups attached to an aromatic ring is 1. The summed E-state index contributed by atoms with van der Waals surface area (Å²) in [5.41, 5.74) is 2.57. The molecule has 1 atom stereocenters. The Morgan fingerprint density at radius 3 is 2.83 bits per heavy atom. The van der Waals surface area contributed by atoms with Gasteiger partial charge in [-0.3, -0.25) is 0 Å². The number of aromatic nitrogens is 2. The van der Waals surface area contributed by atoms with Gasteiger partial charge in [-0.15, -0.1) is 11.8 Å². The van der Waals surface area contributed by atoms with Crippen LogP contribution in [0.5, 0.6) is 0 Å². The molecule has 0 spiro atoms. The molecule has 0 aliphatic carbocycles. The fourth-order valence-electron chi connectivity index (χ4n) is 1.22. The van der Waals surface area contributed by atoms with E-state index >= 15 is 0 Å². The summed E-state index contributed by atoms with van der Waals surface area (Å²) in [5.74, 6) is 8.43. The van der Waals surface area contributed by atoms with E-state index in [1.54, 1.807) is 11.8 Å². The van der Waals surface area contributed by atoms with E-state index in [0.29, 0.717) is 30.8 Å². The maximum Gasteiger partial charge on any atom is 0.157 e. The Hall–Kier alpha value is -0.850. The molecule has 6 heteroatoms. The lowest BCUT2D eigenvalue weighted by molar-refractivity contribution is 0.128.